The van der Waals surface area contributed by atoms with Gasteiger partial charge in [-0.1, -0.05) is 31.9 Å². The van der Waals surface area contributed by atoms with Crippen LogP contribution in [-0.4, -0.2) is 20.9 Å². The monoisotopic (exact) mass is 318 g/mol. The molecule has 0 heterocycles. The molecule has 1 atom stereocenters. The van der Waals surface area contributed by atoms with Gasteiger partial charge in [0.25, 0.3) is 5.91 Å². The number of nitrogens with two attached hydrogens (primary N) is 1. The van der Waals surface area contributed by atoms with E-state index in [-0.39, 0.29) is 21.4 Å². The van der Waals surface area contributed by atoms with Crippen molar-refractivity contribution in [2.24, 2.45) is 11.1 Å². The fourth-order valence-corrected chi connectivity index (χ4v) is 2.41. The van der Waals surface area contributed by atoms with Gasteiger partial charge in [-0.15, -0.1) is 0 Å². The summed E-state index contributed by atoms with van der Waals surface area (Å²) in [7, 11) is -3.90. The molecular formula is C13H19ClN2O3S. The number of benzene rings is 1. The van der Waals surface area contributed by atoms with Crippen LogP contribution in [0, 0.1) is 12.8 Å². The Labute approximate surface area is 124 Å². The van der Waals surface area contributed by atoms with Gasteiger partial charge >= 0.3 is 0 Å². The lowest BCUT2D eigenvalue weighted by atomic mass is 10.1. The van der Waals surface area contributed by atoms with Gasteiger partial charge in [-0.05, 0) is 30.5 Å². The maximum Gasteiger partial charge on any atom is 0.251 e. The van der Waals surface area contributed by atoms with Crippen LogP contribution >= 0.6 is 11.6 Å². The summed E-state index contributed by atoms with van der Waals surface area (Å²) in [5.74, 6) is -0.00801. The van der Waals surface area contributed by atoms with Gasteiger partial charge in [0.1, 0.15) is 0 Å². The third-order valence-electron chi connectivity index (χ3n) is 3.20. The maximum atomic E-state index is 12.1. The van der Waals surface area contributed by atoms with E-state index in [2.05, 4.69) is 5.32 Å². The molecule has 0 bridgehead atoms. The molecule has 112 valence electrons. The van der Waals surface area contributed by atoms with Crippen molar-refractivity contribution in [2.75, 3.05) is 6.54 Å². The Morgan fingerprint density at radius 2 is 2.05 bits per heavy atom. The largest absolute Gasteiger partial charge is 0.352 e. The normalized spacial score (nSPS) is 13.1. The Bertz CT molecular complexity index is 614. The summed E-state index contributed by atoms with van der Waals surface area (Å²) < 4.78 is 22.7. The van der Waals surface area contributed by atoms with E-state index in [0.29, 0.717) is 18.0 Å². The Morgan fingerprint density at radius 3 is 2.55 bits per heavy atom. The average Bonchev–Trinajstić information content (AvgIpc) is 2.37. The summed E-state index contributed by atoms with van der Waals surface area (Å²) in [5.41, 5.74) is 0.755. The first kappa shape index (κ1) is 16.9. The zero-order valence-electron chi connectivity index (χ0n) is 11.7. The summed E-state index contributed by atoms with van der Waals surface area (Å²) in [6, 6.07) is 2.50. The highest BCUT2D eigenvalue weighted by Crippen LogP contribution is 2.23. The molecule has 1 amide bonds. The third kappa shape index (κ3) is 4.19. The second-order valence-corrected chi connectivity index (χ2v) is 6.81. The number of halogens is 1. The van der Waals surface area contributed by atoms with Crippen molar-refractivity contribution in [3.05, 3.63) is 28.3 Å². The molecule has 0 aliphatic carbocycles. The van der Waals surface area contributed by atoms with Gasteiger partial charge in [-0.25, -0.2) is 13.6 Å². The number of hydrogen-bond donors (Lipinski definition) is 2. The van der Waals surface area contributed by atoms with E-state index in [0.717, 1.165) is 6.42 Å². The zero-order valence-corrected chi connectivity index (χ0v) is 13.3. The SMILES string of the molecule is CCC(C)CNC(=O)c1cc(S(N)(=O)=O)cc(Cl)c1C. The molecular weight excluding hydrogens is 300 g/mol. The predicted molar refractivity (Wildman–Crippen MR) is 79.4 cm³/mol. The minimum absolute atomic E-state index is 0.165. The highest BCUT2D eigenvalue weighted by Gasteiger charge is 2.18. The lowest BCUT2D eigenvalue weighted by molar-refractivity contribution is 0.0947. The van der Waals surface area contributed by atoms with Crippen molar-refractivity contribution in [1.82, 2.24) is 5.32 Å². The minimum Gasteiger partial charge on any atom is -0.352 e. The van der Waals surface area contributed by atoms with Gasteiger partial charge in [-0.3, -0.25) is 4.79 Å². The number of sulfonamides is 1. The minimum atomic E-state index is -3.90. The summed E-state index contributed by atoms with van der Waals surface area (Å²) in [4.78, 5) is 11.9. The van der Waals surface area contributed by atoms with Gasteiger partial charge < -0.3 is 5.32 Å². The van der Waals surface area contributed by atoms with Crippen LogP contribution in [0.3, 0.4) is 0 Å². The summed E-state index contributed by atoms with van der Waals surface area (Å²) in [6.07, 6.45) is 0.942. The molecule has 0 aromatic heterocycles. The number of nitrogens with one attached hydrogen (secondary N) is 1. The van der Waals surface area contributed by atoms with E-state index in [1.165, 1.54) is 12.1 Å². The van der Waals surface area contributed by atoms with Crippen molar-refractivity contribution in [3.63, 3.8) is 0 Å². The highest BCUT2D eigenvalue weighted by molar-refractivity contribution is 7.89. The molecule has 0 aliphatic rings. The standard InChI is InChI=1S/C13H19ClN2O3S/c1-4-8(2)7-16-13(17)11-5-10(20(15,18)19)6-12(14)9(11)3/h5-6,8H,4,7H2,1-3H3,(H,16,17)(H2,15,18,19). The maximum absolute atomic E-state index is 12.1. The molecule has 3 N–H and O–H groups in total. The number of carbonyl (C=O) groups excluding carboxylic acids is 1. The van der Waals surface area contributed by atoms with E-state index in [1.54, 1.807) is 6.92 Å². The van der Waals surface area contributed by atoms with Gasteiger partial charge in [0.05, 0.1) is 4.90 Å². The van der Waals surface area contributed by atoms with Crippen molar-refractivity contribution < 1.29 is 13.2 Å². The van der Waals surface area contributed by atoms with Crippen molar-refractivity contribution >= 4 is 27.5 Å². The van der Waals surface area contributed by atoms with Crippen LogP contribution < -0.4 is 10.5 Å². The van der Waals surface area contributed by atoms with E-state index < -0.39 is 10.0 Å². The molecule has 1 aromatic carbocycles. The van der Waals surface area contributed by atoms with Gasteiger partial charge in [-0.2, -0.15) is 0 Å². The van der Waals surface area contributed by atoms with Crippen LogP contribution in [0.15, 0.2) is 17.0 Å². The molecule has 0 aliphatic heterocycles. The summed E-state index contributed by atoms with van der Waals surface area (Å²) in [6.45, 7) is 6.22. The van der Waals surface area contributed by atoms with Crippen molar-refractivity contribution in [2.45, 2.75) is 32.1 Å². The first-order valence-corrected chi connectivity index (χ1v) is 8.20. The Balaban J connectivity index is 3.11. The molecule has 0 spiro atoms. The van der Waals surface area contributed by atoms with E-state index in [9.17, 15) is 13.2 Å². The Hall–Kier alpha value is -1.11. The average molecular weight is 319 g/mol. The van der Waals surface area contributed by atoms with Gasteiger partial charge in [0.2, 0.25) is 10.0 Å². The van der Waals surface area contributed by atoms with E-state index in [4.69, 9.17) is 16.7 Å². The topological polar surface area (TPSA) is 89.3 Å². The Kier molecular flexibility index (Phi) is 5.56. The van der Waals surface area contributed by atoms with Gasteiger partial charge in [0.15, 0.2) is 0 Å². The zero-order chi connectivity index (χ0) is 15.5. The fourth-order valence-electron chi connectivity index (χ4n) is 1.56. The summed E-state index contributed by atoms with van der Waals surface area (Å²) >= 11 is 5.96. The van der Waals surface area contributed by atoms with Crippen LogP contribution in [0.1, 0.15) is 36.2 Å². The molecule has 1 unspecified atom stereocenters. The molecule has 5 nitrogen and oxygen atoms in total. The molecule has 0 fully saturated rings. The van der Waals surface area contributed by atoms with E-state index in [1.807, 2.05) is 13.8 Å². The van der Waals surface area contributed by atoms with E-state index >= 15 is 0 Å². The fraction of sp³-hybridized carbons (Fsp3) is 0.462. The number of primary sulfonamides is 1. The smallest absolute Gasteiger partial charge is 0.251 e. The number of amides is 1. The van der Waals surface area contributed by atoms with Crippen LogP contribution in [-0.2, 0) is 10.0 Å². The lowest BCUT2D eigenvalue weighted by Crippen LogP contribution is -2.29. The third-order valence-corrected chi connectivity index (χ3v) is 4.48. The van der Waals surface area contributed by atoms with Crippen LogP contribution in [0.2, 0.25) is 5.02 Å². The predicted octanol–water partition coefficient (Wildman–Crippen LogP) is 2.07. The molecule has 1 aromatic rings. The molecule has 0 saturated carbocycles. The second-order valence-electron chi connectivity index (χ2n) is 4.85. The summed E-state index contributed by atoms with van der Waals surface area (Å²) in [5, 5.41) is 8.03. The molecule has 0 saturated heterocycles. The quantitative estimate of drug-likeness (QED) is 0.871. The van der Waals surface area contributed by atoms with Gasteiger partial charge in [0, 0.05) is 17.1 Å². The molecule has 7 heteroatoms. The molecule has 0 radical (unpaired) electrons. The highest BCUT2D eigenvalue weighted by atomic mass is 35.5. The molecule has 1 rings (SSSR count). The number of rotatable bonds is 5. The molecule has 20 heavy (non-hydrogen) atoms. The second kappa shape index (κ2) is 6.56. The number of hydrogen-bond acceptors (Lipinski definition) is 3. The first-order chi connectivity index (χ1) is 9.16. The lowest BCUT2D eigenvalue weighted by Gasteiger charge is -2.13. The van der Waals surface area contributed by atoms with Crippen molar-refractivity contribution in [1.29, 1.82) is 0 Å². The van der Waals surface area contributed by atoms with Crippen LogP contribution in [0.4, 0.5) is 0 Å². The van der Waals surface area contributed by atoms with Crippen LogP contribution in [0.5, 0.6) is 0 Å². The van der Waals surface area contributed by atoms with Crippen LogP contribution in [0.25, 0.3) is 0 Å². The van der Waals surface area contributed by atoms with Crippen molar-refractivity contribution in [3.8, 4) is 0 Å². The first-order valence-electron chi connectivity index (χ1n) is 6.28. The number of carbonyl (C=O) groups is 1. The Morgan fingerprint density at radius 1 is 1.45 bits per heavy atom.